The first-order chi connectivity index (χ1) is 21.0. The fourth-order valence-electron chi connectivity index (χ4n) is 7.51. The maximum Gasteiger partial charge on any atom is 0.263 e. The molecule has 4 rings (SSSR count). The van der Waals surface area contributed by atoms with E-state index in [-0.39, 0.29) is 28.0 Å². The van der Waals surface area contributed by atoms with Crippen LogP contribution in [0.4, 0.5) is 5.69 Å². The van der Waals surface area contributed by atoms with E-state index in [1.165, 1.54) is 23.1 Å². The van der Waals surface area contributed by atoms with E-state index < -0.39 is 11.0 Å². The van der Waals surface area contributed by atoms with Gasteiger partial charge in [-0.25, -0.2) is 4.21 Å². The van der Waals surface area contributed by atoms with Crippen LogP contribution in [0.1, 0.15) is 98.8 Å². The summed E-state index contributed by atoms with van der Waals surface area (Å²) in [5.41, 5.74) is 7.12. The van der Waals surface area contributed by atoms with Crippen molar-refractivity contribution < 1.29 is 9.00 Å². The van der Waals surface area contributed by atoms with Crippen LogP contribution < -0.4 is 14.9 Å². The minimum absolute atomic E-state index is 0.0214. The van der Waals surface area contributed by atoms with Crippen LogP contribution in [0.15, 0.2) is 61.7 Å². The molecule has 5 atom stereocenters. The van der Waals surface area contributed by atoms with Gasteiger partial charge >= 0.3 is 0 Å². The van der Waals surface area contributed by atoms with Crippen molar-refractivity contribution in [2.75, 3.05) is 24.5 Å². The first-order valence-electron chi connectivity index (χ1n) is 16.6. The number of hydrogen-bond donors (Lipinski definition) is 2. The Hall–Kier alpha value is -2.70. The lowest BCUT2D eigenvalue weighted by atomic mass is 9.67. The van der Waals surface area contributed by atoms with Gasteiger partial charge in [-0.1, -0.05) is 69.7 Å². The Kier molecular flexibility index (Phi) is 11.3. The second-order valence-corrected chi connectivity index (χ2v) is 15.2. The number of nitrogens with one attached hydrogen (secondary N) is 2. The van der Waals surface area contributed by atoms with Crippen molar-refractivity contribution in [1.29, 1.82) is 0 Å². The molecule has 1 aliphatic carbocycles. The molecule has 1 amide bonds. The smallest absolute Gasteiger partial charge is 0.263 e. The van der Waals surface area contributed by atoms with Gasteiger partial charge in [-0.2, -0.15) is 0 Å². The summed E-state index contributed by atoms with van der Waals surface area (Å²) < 4.78 is 15.9. The standard InChI is InChI=1S/C38H55N3O2S/c1-9-13-16-32(11-3)44(43)40-36(42)30-19-18-28(6)34(23-30)41(25-35-37(7,8)31(10-2)24-39-35)26-38(12-4)21-14-15-29-22-27(5)17-20-33(29)38/h9-10,17-20,22-23,31-32,35,39H,1-2,11-16,21,24-26H2,3-8H3,(H,40,42). The highest BCUT2D eigenvalue weighted by molar-refractivity contribution is 7.84. The van der Waals surface area contributed by atoms with E-state index in [1.54, 1.807) is 0 Å². The van der Waals surface area contributed by atoms with Crippen molar-refractivity contribution in [2.24, 2.45) is 11.3 Å². The average molecular weight is 618 g/mol. The molecule has 1 fully saturated rings. The molecule has 5 unspecified atom stereocenters. The maximum atomic E-state index is 13.5. The number of aryl methyl sites for hydroxylation is 3. The van der Waals surface area contributed by atoms with E-state index in [1.807, 2.05) is 31.2 Å². The molecule has 1 aliphatic heterocycles. The molecule has 0 aromatic heterocycles. The molecule has 0 bridgehead atoms. The Balaban J connectivity index is 1.71. The third-order valence-electron chi connectivity index (χ3n) is 10.7. The number of carbonyl (C=O) groups is 1. The van der Waals surface area contributed by atoms with Gasteiger partial charge in [-0.3, -0.25) is 9.52 Å². The Labute approximate surface area is 269 Å². The predicted octanol–water partition coefficient (Wildman–Crippen LogP) is 7.73. The fraction of sp³-hybridized carbons (Fsp3) is 0.553. The number of fused-ring (bicyclic) bond motifs is 1. The van der Waals surface area contributed by atoms with Gasteiger partial charge in [0.05, 0.1) is 5.25 Å². The number of nitrogens with zero attached hydrogens (tertiary/aromatic N) is 1. The summed E-state index contributed by atoms with van der Waals surface area (Å²) in [5, 5.41) is 3.73. The number of amides is 1. The molecule has 2 N–H and O–H groups in total. The Morgan fingerprint density at radius 1 is 1.18 bits per heavy atom. The van der Waals surface area contributed by atoms with Crippen LogP contribution in [-0.4, -0.2) is 41.0 Å². The topological polar surface area (TPSA) is 61.4 Å². The second-order valence-electron chi connectivity index (χ2n) is 13.8. The Bertz CT molecular complexity index is 1370. The average Bonchev–Trinajstić information content (AvgIpc) is 3.29. The van der Waals surface area contributed by atoms with E-state index in [4.69, 9.17) is 0 Å². The molecule has 1 saturated heterocycles. The lowest BCUT2D eigenvalue weighted by molar-refractivity contribution is 0.0982. The zero-order chi connectivity index (χ0) is 32.1. The summed E-state index contributed by atoms with van der Waals surface area (Å²) in [5.74, 6) is 0.116. The van der Waals surface area contributed by atoms with E-state index in [0.29, 0.717) is 11.5 Å². The molecule has 5 nitrogen and oxygen atoms in total. The predicted molar refractivity (Wildman–Crippen MR) is 188 cm³/mol. The number of rotatable bonds is 14. The highest BCUT2D eigenvalue weighted by atomic mass is 32.2. The molecule has 0 saturated carbocycles. The van der Waals surface area contributed by atoms with E-state index in [9.17, 15) is 9.00 Å². The highest BCUT2D eigenvalue weighted by Crippen LogP contribution is 2.43. The Morgan fingerprint density at radius 2 is 1.95 bits per heavy atom. The van der Waals surface area contributed by atoms with E-state index in [0.717, 1.165) is 69.4 Å². The van der Waals surface area contributed by atoms with Crippen molar-refractivity contribution in [3.05, 3.63) is 89.5 Å². The van der Waals surface area contributed by atoms with Gasteiger partial charge in [0.2, 0.25) is 0 Å². The highest BCUT2D eigenvalue weighted by Gasteiger charge is 2.44. The molecule has 44 heavy (non-hydrogen) atoms. The summed E-state index contributed by atoms with van der Waals surface area (Å²) in [4.78, 5) is 16.1. The fourth-order valence-corrected chi connectivity index (χ4v) is 8.63. The van der Waals surface area contributed by atoms with Gasteiger partial charge in [0.15, 0.2) is 0 Å². The zero-order valence-electron chi connectivity index (χ0n) is 28.0. The molecular formula is C38H55N3O2S. The molecule has 2 aromatic carbocycles. The summed E-state index contributed by atoms with van der Waals surface area (Å²) >= 11 is 0. The molecule has 6 heteroatoms. The van der Waals surface area contributed by atoms with Crippen molar-refractivity contribution in [3.8, 4) is 0 Å². The first kappa shape index (κ1) is 34.2. The van der Waals surface area contributed by atoms with Gasteiger partial charge in [0.1, 0.15) is 11.0 Å². The molecule has 0 radical (unpaired) electrons. The molecule has 240 valence electrons. The van der Waals surface area contributed by atoms with Gasteiger partial charge < -0.3 is 10.2 Å². The van der Waals surface area contributed by atoms with Crippen LogP contribution in [0, 0.1) is 25.2 Å². The molecule has 0 spiro atoms. The summed E-state index contributed by atoms with van der Waals surface area (Å²) in [7, 11) is -1.45. The summed E-state index contributed by atoms with van der Waals surface area (Å²) in [6, 6.07) is 13.2. The summed E-state index contributed by atoms with van der Waals surface area (Å²) in [6.45, 7) is 23.9. The van der Waals surface area contributed by atoms with Crippen molar-refractivity contribution in [2.45, 2.75) is 103 Å². The maximum absolute atomic E-state index is 13.5. The van der Waals surface area contributed by atoms with Crippen LogP contribution in [0.25, 0.3) is 0 Å². The second kappa shape index (κ2) is 14.6. The number of benzene rings is 2. The monoisotopic (exact) mass is 617 g/mol. The van der Waals surface area contributed by atoms with Crippen LogP contribution in [0.5, 0.6) is 0 Å². The number of anilines is 1. The normalized spacial score (nSPS) is 23.8. The number of hydrogen-bond acceptors (Lipinski definition) is 4. The molecule has 2 aliphatic rings. The van der Waals surface area contributed by atoms with Gasteiger partial charge in [-0.05, 0) is 98.9 Å². The van der Waals surface area contributed by atoms with Crippen molar-refractivity contribution in [1.82, 2.24) is 10.0 Å². The van der Waals surface area contributed by atoms with Crippen LogP contribution in [-0.2, 0) is 22.8 Å². The minimum atomic E-state index is -1.45. The van der Waals surface area contributed by atoms with Crippen LogP contribution in [0.3, 0.4) is 0 Å². The zero-order valence-corrected chi connectivity index (χ0v) is 28.8. The third-order valence-corrected chi connectivity index (χ3v) is 12.2. The lowest BCUT2D eigenvalue weighted by Gasteiger charge is -2.45. The van der Waals surface area contributed by atoms with E-state index >= 15 is 0 Å². The van der Waals surface area contributed by atoms with Crippen molar-refractivity contribution in [3.63, 3.8) is 0 Å². The number of allylic oxidation sites excluding steroid dienone is 1. The molecule has 1 heterocycles. The first-order valence-corrected chi connectivity index (χ1v) is 17.8. The third kappa shape index (κ3) is 7.23. The summed E-state index contributed by atoms with van der Waals surface area (Å²) in [6.07, 6.45) is 10.7. The molecular weight excluding hydrogens is 563 g/mol. The largest absolute Gasteiger partial charge is 0.369 e. The van der Waals surface area contributed by atoms with Crippen molar-refractivity contribution >= 4 is 22.6 Å². The van der Waals surface area contributed by atoms with Crippen LogP contribution in [0.2, 0.25) is 0 Å². The van der Waals surface area contributed by atoms with Gasteiger partial charge in [0.25, 0.3) is 5.91 Å². The van der Waals surface area contributed by atoms with Gasteiger partial charge in [-0.15, -0.1) is 13.2 Å². The van der Waals surface area contributed by atoms with Gasteiger partial charge in [0, 0.05) is 42.3 Å². The van der Waals surface area contributed by atoms with Crippen LogP contribution >= 0.6 is 0 Å². The number of carbonyl (C=O) groups excluding carboxylic acids is 1. The SMILES string of the molecule is C=CCCC(CC)S(=O)NC(=O)c1ccc(C)c(N(CC2NCC(C=C)C2(C)C)CC2(CC)CCCc3cc(C)ccc32)c1. The van der Waals surface area contributed by atoms with E-state index in [2.05, 4.69) is 87.0 Å². The minimum Gasteiger partial charge on any atom is -0.369 e. The molecule has 2 aromatic rings. The quantitative estimate of drug-likeness (QED) is 0.213. The Morgan fingerprint density at radius 3 is 2.61 bits per heavy atom. The lowest BCUT2D eigenvalue weighted by Crippen LogP contribution is -2.50.